The lowest BCUT2D eigenvalue weighted by atomic mass is 10.2. The minimum absolute atomic E-state index is 0.102. The van der Waals surface area contributed by atoms with E-state index >= 15 is 0 Å². The van der Waals surface area contributed by atoms with Crippen molar-refractivity contribution in [1.29, 1.82) is 0 Å². The Hall–Kier alpha value is -0.950. The molecule has 0 radical (unpaired) electrons. The lowest BCUT2D eigenvalue weighted by molar-refractivity contribution is -0.923. The van der Waals surface area contributed by atoms with Crippen LogP contribution in [-0.4, -0.2) is 49.4 Å². The molecule has 1 N–H and O–H groups in total. The fourth-order valence-electron chi connectivity index (χ4n) is 1.88. The van der Waals surface area contributed by atoms with E-state index in [0.717, 1.165) is 23.0 Å². The molecule has 0 aliphatic carbocycles. The van der Waals surface area contributed by atoms with Crippen LogP contribution in [0, 0.1) is 6.92 Å². The third-order valence-electron chi connectivity index (χ3n) is 3.31. The topological polar surface area (TPSA) is 77.4 Å². The predicted molar refractivity (Wildman–Crippen MR) is 71.4 cm³/mol. The molecule has 1 aliphatic rings. The van der Waals surface area contributed by atoms with E-state index in [4.69, 9.17) is 0 Å². The van der Waals surface area contributed by atoms with Gasteiger partial charge >= 0.3 is 0 Å². The van der Waals surface area contributed by atoms with Crippen molar-refractivity contribution in [3.8, 4) is 0 Å². The van der Waals surface area contributed by atoms with Gasteiger partial charge in [-0.3, -0.25) is 0 Å². The molecule has 1 aliphatic heterocycles. The first kappa shape index (κ1) is 16.1. The molecule has 5 nitrogen and oxygen atoms in total. The Labute approximate surface area is 114 Å². The Kier molecular flexibility index (Phi) is 5.09. The van der Waals surface area contributed by atoms with Crippen LogP contribution in [0.25, 0.3) is 0 Å². The van der Waals surface area contributed by atoms with E-state index in [1.165, 1.54) is 18.6 Å². The molecule has 1 fully saturated rings. The summed E-state index contributed by atoms with van der Waals surface area (Å²) in [5.41, 5.74) is 0.928. The normalized spacial score (nSPS) is 21.6. The summed E-state index contributed by atoms with van der Waals surface area (Å²) in [6, 6.07) is 5.78. The number of benzene rings is 1. The van der Waals surface area contributed by atoms with E-state index in [9.17, 15) is 18.1 Å². The average molecular weight is 287 g/mol. The van der Waals surface area contributed by atoms with Gasteiger partial charge in [-0.15, -0.1) is 0 Å². The summed E-state index contributed by atoms with van der Waals surface area (Å²) in [6.07, 6.45) is 2.05. The molecule has 0 spiro atoms. The van der Waals surface area contributed by atoms with Crippen molar-refractivity contribution < 1.29 is 22.6 Å². The Morgan fingerprint density at radius 1 is 1.26 bits per heavy atom. The van der Waals surface area contributed by atoms with Gasteiger partial charge in [0.05, 0.1) is 25.5 Å². The molecule has 0 saturated carbocycles. The molecule has 1 unspecified atom stereocenters. The second-order valence-corrected chi connectivity index (χ2v) is 6.77. The number of nitrogens with zero attached hydrogens (tertiary/aromatic N) is 1. The summed E-state index contributed by atoms with van der Waals surface area (Å²) in [7, 11) is -0.135. The molecule has 6 heteroatoms. The van der Waals surface area contributed by atoms with Crippen molar-refractivity contribution in [1.82, 2.24) is 0 Å². The second kappa shape index (κ2) is 6.00. The number of aliphatic hydroxyl groups excluding tert-OH is 1. The van der Waals surface area contributed by atoms with Crippen molar-refractivity contribution in [2.24, 2.45) is 0 Å². The third kappa shape index (κ3) is 4.91. The maximum atomic E-state index is 10.4. The quantitative estimate of drug-likeness (QED) is 0.619. The Bertz CT molecular complexity index is 508. The highest BCUT2D eigenvalue weighted by atomic mass is 32.2. The zero-order valence-corrected chi connectivity index (χ0v) is 12.4. The molecule has 0 aromatic heterocycles. The van der Waals surface area contributed by atoms with E-state index < -0.39 is 10.1 Å². The van der Waals surface area contributed by atoms with E-state index in [2.05, 4.69) is 14.1 Å². The van der Waals surface area contributed by atoms with Crippen molar-refractivity contribution in [3.05, 3.63) is 29.8 Å². The molecular formula is C13H21NO4S. The lowest BCUT2D eigenvalue weighted by Crippen LogP contribution is -2.43. The standard InChI is InChI=1S/C7H8O3S.C6H14NO/c1-6-2-4-7(5-3-6)11(8,9)10;1-7(2)5-3-4-6(7)8/h2-5H,1H3,(H,8,9,10);6,8H,3-5H2,1-2H3/q;+1/p-1. The van der Waals surface area contributed by atoms with Crippen LogP contribution in [0.3, 0.4) is 0 Å². The maximum absolute atomic E-state index is 10.4. The van der Waals surface area contributed by atoms with Gasteiger partial charge in [0.15, 0.2) is 6.23 Å². The maximum Gasteiger partial charge on any atom is 0.190 e. The van der Waals surface area contributed by atoms with Gasteiger partial charge in [0.2, 0.25) is 0 Å². The number of rotatable bonds is 1. The number of likely N-dealkylation sites (tertiary alicyclic amines) is 1. The summed E-state index contributed by atoms with van der Waals surface area (Å²) >= 11 is 0. The molecule has 19 heavy (non-hydrogen) atoms. The zero-order valence-electron chi connectivity index (χ0n) is 11.5. The minimum atomic E-state index is -4.27. The van der Waals surface area contributed by atoms with E-state index in [0.29, 0.717) is 0 Å². The number of aliphatic hydroxyl groups is 1. The Morgan fingerprint density at radius 2 is 1.79 bits per heavy atom. The SMILES string of the molecule is C[N+]1(C)CCCC1O.Cc1ccc(S(=O)(=O)[O-])cc1. The van der Waals surface area contributed by atoms with Crippen LogP contribution >= 0.6 is 0 Å². The van der Waals surface area contributed by atoms with Gasteiger partial charge in [-0.1, -0.05) is 17.7 Å². The first-order chi connectivity index (χ1) is 8.63. The summed E-state index contributed by atoms with van der Waals surface area (Å²) in [5, 5.41) is 9.23. The largest absolute Gasteiger partial charge is 0.744 e. The molecule has 0 amide bonds. The van der Waals surface area contributed by atoms with Crippen LogP contribution in [-0.2, 0) is 10.1 Å². The molecule has 1 aromatic carbocycles. The van der Waals surface area contributed by atoms with Gasteiger partial charge in [-0.25, -0.2) is 8.42 Å². The molecule has 1 atom stereocenters. The predicted octanol–water partition coefficient (Wildman–Crippen LogP) is 1.07. The summed E-state index contributed by atoms with van der Waals surface area (Å²) in [4.78, 5) is -0.178. The van der Waals surface area contributed by atoms with E-state index in [-0.39, 0.29) is 11.1 Å². The fraction of sp³-hybridized carbons (Fsp3) is 0.538. The van der Waals surface area contributed by atoms with Crippen LogP contribution in [0.15, 0.2) is 29.2 Å². The Balaban J connectivity index is 0.000000200. The van der Waals surface area contributed by atoms with E-state index in [1.807, 2.05) is 6.92 Å². The molecular weight excluding hydrogens is 266 g/mol. The minimum Gasteiger partial charge on any atom is -0.744 e. The van der Waals surface area contributed by atoms with Crippen molar-refractivity contribution in [2.75, 3.05) is 20.6 Å². The van der Waals surface area contributed by atoms with Crippen LogP contribution in [0.5, 0.6) is 0 Å². The molecule has 1 heterocycles. The van der Waals surface area contributed by atoms with Crippen LogP contribution < -0.4 is 0 Å². The third-order valence-corrected chi connectivity index (χ3v) is 4.16. The summed E-state index contributed by atoms with van der Waals surface area (Å²) in [5.74, 6) is 0. The van der Waals surface area contributed by atoms with Crippen LogP contribution in [0.2, 0.25) is 0 Å². The molecule has 0 bridgehead atoms. The van der Waals surface area contributed by atoms with Gasteiger partial charge in [-0.2, -0.15) is 0 Å². The fourth-order valence-corrected chi connectivity index (χ4v) is 2.35. The number of hydrogen-bond acceptors (Lipinski definition) is 4. The highest BCUT2D eigenvalue weighted by Crippen LogP contribution is 2.18. The lowest BCUT2D eigenvalue weighted by Gasteiger charge is -2.27. The smallest absolute Gasteiger partial charge is 0.190 e. The van der Waals surface area contributed by atoms with Gasteiger partial charge in [0.25, 0.3) is 0 Å². The number of aryl methyl sites for hydroxylation is 1. The van der Waals surface area contributed by atoms with Crippen LogP contribution in [0.1, 0.15) is 18.4 Å². The molecule has 108 valence electrons. The molecule has 1 saturated heterocycles. The number of hydrogen-bond donors (Lipinski definition) is 1. The summed E-state index contributed by atoms with van der Waals surface area (Å²) in [6.45, 7) is 2.95. The average Bonchev–Trinajstić information content (AvgIpc) is 2.57. The van der Waals surface area contributed by atoms with Gasteiger partial charge in [0, 0.05) is 12.8 Å². The van der Waals surface area contributed by atoms with Crippen LogP contribution in [0.4, 0.5) is 0 Å². The first-order valence-electron chi connectivity index (χ1n) is 6.16. The molecule has 2 rings (SSSR count). The monoisotopic (exact) mass is 287 g/mol. The number of quaternary nitrogens is 1. The molecule has 1 aromatic rings. The summed E-state index contributed by atoms with van der Waals surface area (Å²) < 4.78 is 32.0. The van der Waals surface area contributed by atoms with Gasteiger partial charge in [0.1, 0.15) is 10.1 Å². The van der Waals surface area contributed by atoms with E-state index in [1.54, 1.807) is 12.1 Å². The van der Waals surface area contributed by atoms with Crippen molar-refractivity contribution in [3.63, 3.8) is 0 Å². The second-order valence-electron chi connectivity index (χ2n) is 5.39. The van der Waals surface area contributed by atoms with Gasteiger partial charge < -0.3 is 14.1 Å². The highest BCUT2D eigenvalue weighted by molar-refractivity contribution is 7.85. The Morgan fingerprint density at radius 3 is 2.05 bits per heavy atom. The van der Waals surface area contributed by atoms with Crippen molar-refractivity contribution >= 4 is 10.1 Å². The first-order valence-corrected chi connectivity index (χ1v) is 7.57. The zero-order chi connectivity index (χ0) is 14.7. The van der Waals surface area contributed by atoms with Crippen molar-refractivity contribution in [2.45, 2.75) is 30.9 Å². The van der Waals surface area contributed by atoms with Gasteiger partial charge in [-0.05, 0) is 19.1 Å². The highest BCUT2D eigenvalue weighted by Gasteiger charge is 2.31.